The molecule has 4 fully saturated rings. The average Bonchev–Trinajstić information content (AvgIpc) is 3.61. The van der Waals surface area contributed by atoms with Gasteiger partial charge in [-0.05, 0) is 19.8 Å². The minimum Gasteiger partial charge on any atom is -0.461 e. The number of ether oxygens (including phenoxy) is 2. The molecule has 11 heteroatoms. The topological polar surface area (TPSA) is 188 Å². The molecule has 4 rings (SSSR count). The Labute approximate surface area is 217 Å². The van der Waals surface area contributed by atoms with E-state index in [-0.39, 0.29) is 43.4 Å². The van der Waals surface area contributed by atoms with Gasteiger partial charge in [0.2, 0.25) is 0 Å². The van der Waals surface area contributed by atoms with E-state index in [0.29, 0.717) is 31.1 Å². The predicted molar refractivity (Wildman–Crippen MR) is 134 cm³/mol. The summed E-state index contributed by atoms with van der Waals surface area (Å²) < 4.78 is 11.1. The van der Waals surface area contributed by atoms with Crippen LogP contribution in [0.4, 0.5) is 0 Å². The van der Waals surface area contributed by atoms with Gasteiger partial charge in [-0.25, -0.2) is 4.79 Å². The number of guanidine groups is 1. The third kappa shape index (κ3) is 5.06. The first-order valence-corrected chi connectivity index (χ1v) is 13.6. The van der Waals surface area contributed by atoms with Crippen LogP contribution in [0.3, 0.4) is 0 Å². The lowest BCUT2D eigenvalue weighted by Crippen LogP contribution is -2.95. The van der Waals surface area contributed by atoms with Crippen molar-refractivity contribution in [1.82, 2.24) is 5.32 Å². The van der Waals surface area contributed by atoms with Gasteiger partial charge in [0, 0.05) is 43.4 Å². The lowest BCUT2D eigenvalue weighted by atomic mass is 9.61. The van der Waals surface area contributed by atoms with Crippen LogP contribution in [0.2, 0.25) is 0 Å². The van der Waals surface area contributed by atoms with Crippen LogP contribution in [-0.2, 0) is 23.9 Å². The third-order valence-electron chi connectivity index (χ3n) is 8.69. The third-order valence-corrected chi connectivity index (χ3v) is 8.69. The summed E-state index contributed by atoms with van der Waals surface area (Å²) in [4.78, 5) is 43.3. The second-order valence-electron chi connectivity index (χ2n) is 11.0. The Balaban J connectivity index is 1.56. The number of ketones is 2. The molecule has 0 aromatic heterocycles. The second-order valence-corrected chi connectivity index (χ2v) is 11.0. The molecular weight excluding hydrogens is 478 g/mol. The van der Waals surface area contributed by atoms with Gasteiger partial charge in [0.25, 0.3) is 5.60 Å². The molecule has 9 N–H and O–H groups in total. The van der Waals surface area contributed by atoms with Gasteiger partial charge in [-0.2, -0.15) is 0 Å². The number of aliphatic hydroxyl groups excluding tert-OH is 1. The van der Waals surface area contributed by atoms with Gasteiger partial charge >= 0.3 is 11.9 Å². The highest BCUT2D eigenvalue weighted by atomic mass is 16.7. The molecule has 4 aliphatic rings. The molecule has 0 aromatic rings. The molecule has 2 aliphatic heterocycles. The maximum Gasteiger partial charge on any atom is 0.350 e. The van der Waals surface area contributed by atoms with Crippen molar-refractivity contribution in [3.63, 3.8) is 0 Å². The number of carbonyl (C=O) groups is 3. The van der Waals surface area contributed by atoms with Crippen LogP contribution in [0.1, 0.15) is 58.3 Å². The molecule has 0 bridgehead atoms. The van der Waals surface area contributed by atoms with E-state index in [1.54, 1.807) is 7.05 Å². The number of rotatable bonds is 9. The second kappa shape index (κ2) is 11.2. The van der Waals surface area contributed by atoms with E-state index in [4.69, 9.17) is 26.0 Å². The molecule has 2 aliphatic carbocycles. The summed E-state index contributed by atoms with van der Waals surface area (Å²) in [6, 6.07) is 0.0340. The minimum atomic E-state index is -1.90. The smallest absolute Gasteiger partial charge is 0.350 e. The van der Waals surface area contributed by atoms with Crippen LogP contribution >= 0.6 is 0 Å². The number of aliphatic hydroxyl groups is 1. The Hall–Kier alpha value is -2.34. The van der Waals surface area contributed by atoms with Gasteiger partial charge in [0.05, 0.1) is 26.2 Å². The summed E-state index contributed by atoms with van der Waals surface area (Å²) in [5.74, 6) is -1.50. The molecule has 2 saturated heterocycles. The van der Waals surface area contributed by atoms with Gasteiger partial charge in [-0.1, -0.05) is 24.5 Å². The minimum absolute atomic E-state index is 0.0340. The van der Waals surface area contributed by atoms with E-state index in [1.165, 1.54) is 0 Å². The zero-order valence-electron chi connectivity index (χ0n) is 22.0. The number of nitrogens with one attached hydrogen (secondary N) is 2. The van der Waals surface area contributed by atoms with Crippen LogP contribution in [0.25, 0.3) is 0 Å². The fourth-order valence-electron chi connectivity index (χ4n) is 6.67. The zero-order chi connectivity index (χ0) is 26.8. The molecule has 0 aromatic carbocycles. The van der Waals surface area contributed by atoms with Crippen molar-refractivity contribution in [2.45, 2.75) is 81.7 Å². The summed E-state index contributed by atoms with van der Waals surface area (Å²) in [7, 11) is 1.76. The summed E-state index contributed by atoms with van der Waals surface area (Å²) in [5.41, 5.74) is 9.83. The van der Waals surface area contributed by atoms with Crippen molar-refractivity contribution < 1.29 is 39.3 Å². The highest BCUT2D eigenvalue weighted by molar-refractivity contribution is 6.23. The quantitative estimate of drug-likeness (QED) is 0.0458. The summed E-state index contributed by atoms with van der Waals surface area (Å²) in [5, 5.41) is 14.6. The van der Waals surface area contributed by atoms with E-state index in [9.17, 15) is 14.4 Å². The van der Waals surface area contributed by atoms with Crippen molar-refractivity contribution in [3.05, 3.63) is 11.6 Å². The number of carbonyl (C=O) groups excluding carboxylic acids is 3. The summed E-state index contributed by atoms with van der Waals surface area (Å²) in [6.45, 7) is 2.30. The van der Waals surface area contributed by atoms with Gasteiger partial charge in [0.15, 0.2) is 17.2 Å². The Morgan fingerprint density at radius 3 is 2.65 bits per heavy atom. The fraction of sp³-hybridized carbons (Fsp3) is 0.769. The van der Waals surface area contributed by atoms with Gasteiger partial charge in [-0.3, -0.25) is 31.4 Å². The molecule has 11 nitrogen and oxygen atoms in total. The average molecular weight is 522 g/mol. The lowest BCUT2D eigenvalue weighted by molar-refractivity contribution is -0.699. The maximum absolute atomic E-state index is 13.7. The van der Waals surface area contributed by atoms with E-state index >= 15 is 0 Å². The van der Waals surface area contributed by atoms with E-state index in [2.05, 4.69) is 15.6 Å². The normalized spacial score (nSPS) is 36.9. The molecule has 2 heterocycles. The number of hydrogen-bond donors (Lipinski definition) is 6. The number of esters is 1. The Bertz CT molecular complexity index is 969. The molecule has 0 spiro atoms. The van der Waals surface area contributed by atoms with E-state index < -0.39 is 29.0 Å². The van der Waals surface area contributed by atoms with Gasteiger partial charge in [-0.15, -0.1) is 0 Å². The number of fused-ring (bicyclic) bond motifs is 2. The highest BCUT2D eigenvalue weighted by Crippen LogP contribution is 2.61. The van der Waals surface area contributed by atoms with Crippen molar-refractivity contribution >= 4 is 23.5 Å². The molecule has 7 atom stereocenters. The van der Waals surface area contributed by atoms with Crippen LogP contribution in [0.5, 0.6) is 0 Å². The molecule has 2 saturated carbocycles. The molecule has 206 valence electrons. The summed E-state index contributed by atoms with van der Waals surface area (Å²) in [6.07, 6.45) is 7.52. The van der Waals surface area contributed by atoms with Crippen LogP contribution in [0.15, 0.2) is 11.6 Å². The largest absolute Gasteiger partial charge is 0.461 e. The monoisotopic (exact) mass is 521 g/mol. The van der Waals surface area contributed by atoms with Gasteiger partial charge < -0.3 is 19.9 Å². The van der Waals surface area contributed by atoms with Crippen molar-refractivity contribution in [3.8, 4) is 0 Å². The molecule has 0 amide bonds. The first-order chi connectivity index (χ1) is 17.7. The lowest BCUT2D eigenvalue weighted by Gasteiger charge is -2.36. The number of epoxide rings is 1. The highest BCUT2D eigenvalue weighted by Gasteiger charge is 2.86. The van der Waals surface area contributed by atoms with E-state index in [1.807, 2.05) is 13.0 Å². The predicted octanol–water partition coefficient (Wildman–Crippen LogP) is -3.04. The van der Waals surface area contributed by atoms with Crippen molar-refractivity contribution in [2.24, 2.45) is 29.2 Å². The van der Waals surface area contributed by atoms with Crippen molar-refractivity contribution in [1.29, 1.82) is 0 Å². The van der Waals surface area contributed by atoms with E-state index in [0.717, 1.165) is 37.8 Å². The summed E-state index contributed by atoms with van der Waals surface area (Å²) >= 11 is 0. The van der Waals surface area contributed by atoms with Crippen LogP contribution in [-0.4, -0.2) is 78.8 Å². The molecule has 4 unspecified atom stereocenters. The Kier molecular flexibility index (Phi) is 8.37. The number of nitrogens with two attached hydrogens (primary N) is 3. The van der Waals surface area contributed by atoms with Gasteiger partial charge in [0.1, 0.15) is 12.8 Å². The first-order valence-electron chi connectivity index (χ1n) is 13.6. The molecule has 0 radical (unpaired) electrons. The SMILES string of the molecule is C[NH+]=C(N)N[C@@H](CC(C)=CC[C@@]12O[C@]1(C(=O)OCCO)C(=O)C1CCCCC1C2=O)C1CC[NH2+]C(N)C1. The zero-order valence-corrected chi connectivity index (χ0v) is 22.0. The van der Waals surface area contributed by atoms with Crippen LogP contribution in [0, 0.1) is 17.8 Å². The number of hydrogen-bond acceptors (Lipinski definition) is 7. The fourth-order valence-corrected chi connectivity index (χ4v) is 6.67. The number of piperidine rings is 1. The molecule has 37 heavy (non-hydrogen) atoms. The Morgan fingerprint density at radius 1 is 1.30 bits per heavy atom. The standard InChI is InChI=1S/C26H41N5O6/c1-15(13-19(31-24(28)29-2)16-8-10-30-20(27)14-16)7-9-25-21(33)17-5-3-4-6-18(17)22(34)26(25,37-25)23(35)36-12-11-32/h7,16-20,30,32H,3-6,8-14,27H2,1-2H3,(H3,28,29,31)/p+2/t16?,17?,18?,19-,20?,25-,26-/m0/s1. The molecular formula is C26H43N5O6+2. The van der Waals surface area contributed by atoms with Crippen LogP contribution < -0.4 is 27.1 Å². The van der Waals surface area contributed by atoms with Crippen molar-refractivity contribution in [2.75, 3.05) is 26.8 Å². The Morgan fingerprint density at radius 2 is 2.00 bits per heavy atom. The maximum atomic E-state index is 13.7. The number of Topliss-reactive ketones (excluding diaryl/α,β-unsaturated/α-hetero) is 2. The first kappa shape index (κ1) is 27.7. The number of quaternary nitrogens is 1.